The van der Waals surface area contributed by atoms with Crippen LogP contribution in [0.2, 0.25) is 0 Å². The van der Waals surface area contributed by atoms with Gasteiger partial charge in [0.1, 0.15) is 0 Å². The predicted octanol–water partition coefficient (Wildman–Crippen LogP) is 4.03. The number of amides is 1. The van der Waals surface area contributed by atoms with Crippen molar-refractivity contribution in [3.05, 3.63) is 23.8 Å². The summed E-state index contributed by atoms with van der Waals surface area (Å²) in [4.78, 5) is 26.5. The summed E-state index contributed by atoms with van der Waals surface area (Å²) in [5.41, 5.74) is 0.0357. The van der Waals surface area contributed by atoms with Crippen LogP contribution in [0, 0.1) is 0 Å². The van der Waals surface area contributed by atoms with E-state index in [0.29, 0.717) is 6.92 Å². The maximum atomic E-state index is 13.5. The van der Waals surface area contributed by atoms with Crippen LogP contribution >= 0.6 is 0 Å². The van der Waals surface area contributed by atoms with E-state index in [9.17, 15) is 53.5 Å². The van der Waals surface area contributed by atoms with Gasteiger partial charge in [-0.1, -0.05) is 6.07 Å². The molecule has 0 spiro atoms. The summed E-state index contributed by atoms with van der Waals surface area (Å²) >= 11 is 0. The largest absolute Gasteiger partial charge is 0.465 e. The minimum atomic E-state index is -6.58. The number of hydrogen-bond acceptors (Lipinski definition) is 5. The predicted molar refractivity (Wildman–Crippen MR) is 80.7 cm³/mol. The van der Waals surface area contributed by atoms with E-state index < -0.39 is 53.6 Å². The number of hydrogen-bond donors (Lipinski definition) is 0. The molecule has 1 amide bonds. The summed E-state index contributed by atoms with van der Waals surface area (Å²) in [5, 5.41) is -1.15. The van der Waals surface area contributed by atoms with Crippen molar-refractivity contribution in [1.29, 1.82) is 0 Å². The van der Waals surface area contributed by atoms with Crippen molar-refractivity contribution in [2.75, 3.05) is 6.79 Å². The molecule has 1 aliphatic heterocycles. The summed E-state index contributed by atoms with van der Waals surface area (Å²) in [5.74, 6) is -19.2. The molecule has 2 rings (SSSR count). The number of halogens is 10. The molecule has 0 N–H and O–H groups in total. The Labute approximate surface area is 171 Å². The Hall–Kier alpha value is -2.94. The van der Waals surface area contributed by atoms with Crippen LogP contribution in [0.5, 0.6) is 11.5 Å². The Bertz CT molecular complexity index is 883. The van der Waals surface area contributed by atoms with E-state index in [1.165, 1.54) is 18.2 Å². The lowest BCUT2D eigenvalue weighted by atomic mass is 10.1. The number of alkyl halides is 10. The van der Waals surface area contributed by atoms with Crippen molar-refractivity contribution >= 4 is 11.9 Å². The molecule has 1 aromatic rings. The van der Waals surface area contributed by atoms with E-state index in [2.05, 4.69) is 4.84 Å². The van der Waals surface area contributed by atoms with Gasteiger partial charge >= 0.3 is 36.1 Å². The van der Waals surface area contributed by atoms with Crippen molar-refractivity contribution < 1.29 is 67.8 Å². The summed E-state index contributed by atoms with van der Waals surface area (Å²) in [7, 11) is 0. The van der Waals surface area contributed by atoms with Gasteiger partial charge in [-0.3, -0.25) is 4.79 Å². The van der Waals surface area contributed by atoms with E-state index in [1.54, 1.807) is 0 Å². The highest BCUT2D eigenvalue weighted by molar-refractivity contribution is 5.86. The van der Waals surface area contributed by atoms with Gasteiger partial charge in [0.15, 0.2) is 11.5 Å². The third-order valence-electron chi connectivity index (χ3n) is 3.99. The summed E-state index contributed by atoms with van der Waals surface area (Å²) in [6.07, 6.45) is -13.9. The van der Waals surface area contributed by atoms with E-state index in [-0.39, 0.29) is 23.9 Å². The van der Waals surface area contributed by atoms with Crippen molar-refractivity contribution in [2.45, 2.75) is 43.6 Å². The molecule has 0 aliphatic carbocycles. The van der Waals surface area contributed by atoms with Crippen molar-refractivity contribution in [1.82, 2.24) is 5.06 Å². The molecule has 180 valence electrons. The Kier molecular flexibility index (Phi) is 6.49. The molecule has 1 aliphatic rings. The number of rotatable bonds is 5. The van der Waals surface area contributed by atoms with E-state index in [4.69, 9.17) is 9.47 Å². The van der Waals surface area contributed by atoms with Crippen LogP contribution in [0.15, 0.2) is 18.2 Å². The van der Waals surface area contributed by atoms with E-state index in [1.807, 2.05) is 0 Å². The Morgan fingerprint density at radius 3 is 2.00 bits per heavy atom. The van der Waals surface area contributed by atoms with Crippen molar-refractivity contribution in [2.24, 2.45) is 0 Å². The average molecular weight is 487 g/mol. The number of hydroxylamine groups is 2. The van der Waals surface area contributed by atoms with Gasteiger partial charge in [-0.05, 0) is 31.0 Å². The quantitative estimate of drug-likeness (QED) is 0.464. The standard InChI is InChI=1S/C16H11F10NO5/c1-7(4-8-2-3-9-10(5-8)31-6-30-9)27(11(28)13(17,18)15(21,22)23)32-12(29)14(19,20)16(24,25)26/h2-3,5,7H,4,6H2,1H3. The Morgan fingerprint density at radius 2 is 1.47 bits per heavy atom. The highest BCUT2D eigenvalue weighted by Crippen LogP contribution is 2.40. The first-order chi connectivity index (χ1) is 14.4. The van der Waals surface area contributed by atoms with E-state index >= 15 is 0 Å². The smallest absolute Gasteiger partial charge is 0.454 e. The molecular formula is C16H11F10NO5. The first-order valence-electron chi connectivity index (χ1n) is 8.23. The Balaban J connectivity index is 2.36. The number of nitrogens with zero attached hydrogens (tertiary/aromatic N) is 1. The number of benzene rings is 1. The fourth-order valence-corrected chi connectivity index (χ4v) is 2.35. The van der Waals surface area contributed by atoms with Crippen molar-refractivity contribution in [3.8, 4) is 11.5 Å². The molecule has 0 saturated heterocycles. The molecule has 1 unspecified atom stereocenters. The molecule has 1 heterocycles. The number of carbonyl (C=O) groups is 2. The van der Waals surface area contributed by atoms with Gasteiger partial charge in [-0.2, -0.15) is 49.0 Å². The normalized spacial score (nSPS) is 15.3. The molecule has 0 bridgehead atoms. The molecule has 0 aromatic heterocycles. The summed E-state index contributed by atoms with van der Waals surface area (Å²) in [6, 6.07) is 1.60. The topological polar surface area (TPSA) is 65.1 Å². The second-order valence-corrected chi connectivity index (χ2v) is 6.39. The van der Waals surface area contributed by atoms with Gasteiger partial charge in [0.05, 0.1) is 6.04 Å². The maximum absolute atomic E-state index is 13.5. The zero-order chi connectivity index (χ0) is 24.7. The third-order valence-corrected chi connectivity index (χ3v) is 3.99. The fraction of sp³-hybridized carbons (Fsp3) is 0.500. The van der Waals surface area contributed by atoms with Crippen LogP contribution in [-0.2, 0) is 20.8 Å². The minimum Gasteiger partial charge on any atom is -0.454 e. The van der Waals surface area contributed by atoms with E-state index in [0.717, 1.165) is 0 Å². The highest BCUT2D eigenvalue weighted by Gasteiger charge is 2.68. The fourth-order valence-electron chi connectivity index (χ4n) is 2.35. The molecule has 16 heteroatoms. The van der Waals surface area contributed by atoms with Crippen molar-refractivity contribution in [3.63, 3.8) is 0 Å². The number of fused-ring (bicyclic) bond motifs is 1. The third kappa shape index (κ3) is 4.77. The van der Waals surface area contributed by atoms with Gasteiger partial charge in [0.25, 0.3) is 0 Å². The second kappa shape index (κ2) is 8.20. The maximum Gasteiger partial charge on any atom is 0.465 e. The minimum absolute atomic E-state index is 0.0357. The SMILES string of the molecule is CC(Cc1ccc2c(c1)OCO2)N(OC(=O)C(F)(F)C(F)(F)F)C(=O)C(F)(F)C(F)(F)F. The zero-order valence-corrected chi connectivity index (χ0v) is 15.5. The monoisotopic (exact) mass is 487 g/mol. The van der Waals surface area contributed by atoms with Crippen LogP contribution in [0.4, 0.5) is 43.9 Å². The molecule has 6 nitrogen and oxygen atoms in total. The molecule has 1 aromatic carbocycles. The average Bonchev–Trinajstić information content (AvgIpc) is 3.11. The van der Waals surface area contributed by atoms with Gasteiger partial charge < -0.3 is 14.3 Å². The first-order valence-corrected chi connectivity index (χ1v) is 8.23. The van der Waals surface area contributed by atoms with Crippen LogP contribution in [0.3, 0.4) is 0 Å². The molecule has 0 radical (unpaired) electrons. The molecule has 32 heavy (non-hydrogen) atoms. The molecule has 0 fully saturated rings. The highest BCUT2D eigenvalue weighted by atomic mass is 19.4. The van der Waals surface area contributed by atoms with Crippen LogP contribution in [0.25, 0.3) is 0 Å². The van der Waals surface area contributed by atoms with Gasteiger partial charge in [0, 0.05) is 0 Å². The van der Waals surface area contributed by atoms with Gasteiger partial charge in [0.2, 0.25) is 6.79 Å². The number of carbonyl (C=O) groups excluding carboxylic acids is 2. The lowest BCUT2D eigenvalue weighted by molar-refractivity contribution is -0.308. The lowest BCUT2D eigenvalue weighted by Crippen LogP contribution is -2.57. The first kappa shape index (κ1) is 25.3. The Morgan fingerprint density at radius 1 is 0.938 bits per heavy atom. The zero-order valence-electron chi connectivity index (χ0n) is 15.5. The molecular weight excluding hydrogens is 476 g/mol. The van der Waals surface area contributed by atoms with Crippen LogP contribution < -0.4 is 9.47 Å². The molecule has 0 saturated carbocycles. The lowest BCUT2D eigenvalue weighted by Gasteiger charge is -2.32. The van der Waals surface area contributed by atoms with Gasteiger partial charge in [-0.15, -0.1) is 0 Å². The summed E-state index contributed by atoms with van der Waals surface area (Å²) in [6.45, 7) is 0.467. The number of ether oxygens (including phenoxy) is 2. The van der Waals surface area contributed by atoms with Crippen LogP contribution in [-0.4, -0.2) is 54.0 Å². The summed E-state index contributed by atoms with van der Waals surface area (Å²) < 4.78 is 138. The molecule has 1 atom stereocenters. The van der Waals surface area contributed by atoms with Gasteiger partial charge in [-0.25, -0.2) is 4.79 Å². The second-order valence-electron chi connectivity index (χ2n) is 6.39. The van der Waals surface area contributed by atoms with Crippen LogP contribution in [0.1, 0.15) is 12.5 Å².